The number of anilines is 1. The van der Waals surface area contributed by atoms with Crippen molar-refractivity contribution in [3.8, 4) is 0 Å². The number of carbonyl (C=O) groups excluding carboxylic acids is 1. The van der Waals surface area contributed by atoms with Crippen molar-refractivity contribution in [2.75, 3.05) is 12.8 Å². The van der Waals surface area contributed by atoms with E-state index in [1.165, 1.54) is 25.2 Å². The molecule has 1 fully saturated rings. The fraction of sp³-hybridized carbons (Fsp3) is 0.615. The van der Waals surface area contributed by atoms with Gasteiger partial charge in [-0.3, -0.25) is 4.79 Å². The zero-order chi connectivity index (χ0) is 13.1. The summed E-state index contributed by atoms with van der Waals surface area (Å²) in [5, 5.41) is 0. The standard InChI is InChI=1S/C13H20N4O/c1-9-4-3-5-10(6-9)17(2)13(18)11-7-16-12(14)8-15-11/h7-10H,3-6H2,1-2H3,(H2,14,16). The normalized spacial score (nSPS) is 23.7. The van der Waals surface area contributed by atoms with Gasteiger partial charge in [-0.25, -0.2) is 9.97 Å². The summed E-state index contributed by atoms with van der Waals surface area (Å²) in [6.07, 6.45) is 7.47. The van der Waals surface area contributed by atoms with Gasteiger partial charge in [0.05, 0.1) is 12.4 Å². The lowest BCUT2D eigenvalue weighted by Gasteiger charge is -2.33. The molecule has 1 amide bonds. The SMILES string of the molecule is CC1CCCC(N(C)C(=O)c2cnc(N)cn2)C1. The average molecular weight is 248 g/mol. The molecule has 0 bridgehead atoms. The molecule has 2 N–H and O–H groups in total. The van der Waals surface area contributed by atoms with Gasteiger partial charge in [-0.15, -0.1) is 0 Å². The molecule has 0 saturated heterocycles. The first kappa shape index (κ1) is 12.8. The molecule has 1 saturated carbocycles. The molecule has 18 heavy (non-hydrogen) atoms. The molecule has 98 valence electrons. The highest BCUT2D eigenvalue weighted by atomic mass is 16.2. The van der Waals surface area contributed by atoms with Gasteiger partial charge in [0.25, 0.3) is 5.91 Å². The Morgan fingerprint density at radius 1 is 1.39 bits per heavy atom. The Kier molecular flexibility index (Phi) is 3.79. The topological polar surface area (TPSA) is 72.1 Å². The van der Waals surface area contributed by atoms with Gasteiger partial charge >= 0.3 is 0 Å². The summed E-state index contributed by atoms with van der Waals surface area (Å²) in [7, 11) is 1.85. The molecule has 0 radical (unpaired) electrons. The Morgan fingerprint density at radius 3 is 2.78 bits per heavy atom. The molecule has 0 spiro atoms. The van der Waals surface area contributed by atoms with Crippen LogP contribution in [0.5, 0.6) is 0 Å². The fourth-order valence-electron chi connectivity index (χ4n) is 2.55. The number of rotatable bonds is 2. The predicted molar refractivity (Wildman–Crippen MR) is 70.0 cm³/mol. The molecule has 2 atom stereocenters. The van der Waals surface area contributed by atoms with Crippen LogP contribution in [0.3, 0.4) is 0 Å². The van der Waals surface area contributed by atoms with E-state index in [1.807, 2.05) is 7.05 Å². The maximum Gasteiger partial charge on any atom is 0.274 e. The summed E-state index contributed by atoms with van der Waals surface area (Å²) in [6, 6.07) is 0.320. The molecule has 2 rings (SSSR count). The molecule has 5 heteroatoms. The first-order valence-electron chi connectivity index (χ1n) is 6.42. The van der Waals surface area contributed by atoms with E-state index < -0.39 is 0 Å². The van der Waals surface area contributed by atoms with Crippen molar-refractivity contribution in [3.05, 3.63) is 18.1 Å². The van der Waals surface area contributed by atoms with Crippen molar-refractivity contribution in [3.63, 3.8) is 0 Å². The summed E-state index contributed by atoms with van der Waals surface area (Å²) in [4.78, 5) is 22.0. The molecule has 1 aromatic rings. The maximum absolute atomic E-state index is 12.2. The summed E-state index contributed by atoms with van der Waals surface area (Å²) in [5.74, 6) is 0.957. The van der Waals surface area contributed by atoms with Crippen LogP contribution >= 0.6 is 0 Å². The number of aromatic nitrogens is 2. The Labute approximate surface area is 107 Å². The Morgan fingerprint density at radius 2 is 2.17 bits per heavy atom. The lowest BCUT2D eigenvalue weighted by molar-refractivity contribution is 0.0666. The predicted octanol–water partition coefficient (Wildman–Crippen LogP) is 1.71. The van der Waals surface area contributed by atoms with Gasteiger partial charge in [0.2, 0.25) is 0 Å². The van der Waals surface area contributed by atoms with Crippen molar-refractivity contribution in [2.24, 2.45) is 5.92 Å². The number of hydrogen-bond donors (Lipinski definition) is 1. The monoisotopic (exact) mass is 248 g/mol. The minimum atomic E-state index is -0.0680. The van der Waals surface area contributed by atoms with Crippen LogP contribution in [0.25, 0.3) is 0 Å². The van der Waals surface area contributed by atoms with Crippen LogP contribution in [0.4, 0.5) is 5.82 Å². The van der Waals surface area contributed by atoms with Gasteiger partial charge in [-0.1, -0.05) is 19.8 Å². The van der Waals surface area contributed by atoms with Gasteiger partial charge in [0.1, 0.15) is 11.5 Å². The van der Waals surface area contributed by atoms with E-state index in [0.717, 1.165) is 12.8 Å². The number of carbonyl (C=O) groups is 1. The molecular formula is C13H20N4O. The number of hydrogen-bond acceptors (Lipinski definition) is 4. The van der Waals surface area contributed by atoms with E-state index in [0.29, 0.717) is 23.5 Å². The molecular weight excluding hydrogens is 228 g/mol. The first-order chi connectivity index (χ1) is 8.58. The summed E-state index contributed by atoms with van der Waals surface area (Å²) in [5.41, 5.74) is 5.83. The van der Waals surface area contributed by atoms with E-state index in [4.69, 9.17) is 5.73 Å². The van der Waals surface area contributed by atoms with Crippen LogP contribution in [0.1, 0.15) is 43.1 Å². The van der Waals surface area contributed by atoms with Crippen LogP contribution in [0.2, 0.25) is 0 Å². The zero-order valence-corrected chi connectivity index (χ0v) is 11.0. The average Bonchev–Trinajstić information content (AvgIpc) is 2.38. The van der Waals surface area contributed by atoms with E-state index in [1.54, 1.807) is 4.90 Å². The van der Waals surface area contributed by atoms with E-state index in [-0.39, 0.29) is 5.91 Å². The second kappa shape index (κ2) is 5.33. The third-order valence-corrected chi connectivity index (χ3v) is 3.67. The number of nitrogen functional groups attached to an aromatic ring is 1. The third kappa shape index (κ3) is 2.78. The Bertz CT molecular complexity index is 418. The molecule has 5 nitrogen and oxygen atoms in total. The van der Waals surface area contributed by atoms with Gasteiger partial charge < -0.3 is 10.6 Å². The van der Waals surface area contributed by atoms with Crippen LogP contribution < -0.4 is 5.73 Å². The quantitative estimate of drug-likeness (QED) is 0.864. The first-order valence-corrected chi connectivity index (χ1v) is 6.42. The highest BCUT2D eigenvalue weighted by Gasteiger charge is 2.26. The van der Waals surface area contributed by atoms with Gasteiger partial charge in [-0.2, -0.15) is 0 Å². The number of nitrogens with zero attached hydrogens (tertiary/aromatic N) is 3. The number of nitrogens with two attached hydrogens (primary N) is 1. The van der Waals surface area contributed by atoms with Crippen LogP contribution in [0.15, 0.2) is 12.4 Å². The zero-order valence-electron chi connectivity index (χ0n) is 11.0. The summed E-state index contributed by atoms with van der Waals surface area (Å²) >= 11 is 0. The molecule has 1 heterocycles. The highest BCUT2D eigenvalue weighted by Crippen LogP contribution is 2.27. The Balaban J connectivity index is 2.06. The molecule has 1 aromatic heterocycles. The van der Waals surface area contributed by atoms with E-state index >= 15 is 0 Å². The van der Waals surface area contributed by atoms with Crippen molar-refractivity contribution >= 4 is 11.7 Å². The smallest absolute Gasteiger partial charge is 0.274 e. The van der Waals surface area contributed by atoms with Gasteiger partial charge in [0, 0.05) is 13.1 Å². The van der Waals surface area contributed by atoms with Crippen molar-refractivity contribution < 1.29 is 4.79 Å². The lowest BCUT2D eigenvalue weighted by Crippen LogP contribution is -2.40. The van der Waals surface area contributed by atoms with E-state index in [9.17, 15) is 4.79 Å². The highest BCUT2D eigenvalue weighted by molar-refractivity contribution is 5.92. The molecule has 2 unspecified atom stereocenters. The second-order valence-corrected chi connectivity index (χ2v) is 5.17. The molecule has 0 aromatic carbocycles. The maximum atomic E-state index is 12.2. The lowest BCUT2D eigenvalue weighted by atomic mass is 9.86. The van der Waals surface area contributed by atoms with Gasteiger partial charge in [-0.05, 0) is 18.8 Å². The van der Waals surface area contributed by atoms with Crippen LogP contribution in [-0.2, 0) is 0 Å². The van der Waals surface area contributed by atoms with Crippen LogP contribution in [0, 0.1) is 5.92 Å². The third-order valence-electron chi connectivity index (χ3n) is 3.67. The molecule has 1 aliphatic rings. The van der Waals surface area contributed by atoms with Crippen molar-refractivity contribution in [1.29, 1.82) is 0 Å². The molecule has 0 aliphatic heterocycles. The minimum Gasteiger partial charge on any atom is -0.382 e. The van der Waals surface area contributed by atoms with Crippen molar-refractivity contribution in [2.45, 2.75) is 38.6 Å². The summed E-state index contributed by atoms with van der Waals surface area (Å²) in [6.45, 7) is 2.24. The Hall–Kier alpha value is -1.65. The van der Waals surface area contributed by atoms with Crippen LogP contribution in [-0.4, -0.2) is 33.9 Å². The van der Waals surface area contributed by atoms with E-state index in [2.05, 4.69) is 16.9 Å². The largest absolute Gasteiger partial charge is 0.382 e. The fourth-order valence-corrected chi connectivity index (χ4v) is 2.55. The molecule has 1 aliphatic carbocycles. The summed E-state index contributed by atoms with van der Waals surface area (Å²) < 4.78 is 0. The van der Waals surface area contributed by atoms with Gasteiger partial charge in [0.15, 0.2) is 0 Å². The number of amides is 1. The second-order valence-electron chi connectivity index (χ2n) is 5.17. The van der Waals surface area contributed by atoms with Crippen molar-refractivity contribution in [1.82, 2.24) is 14.9 Å². The minimum absolute atomic E-state index is 0.0680.